The zero-order chi connectivity index (χ0) is 18.9. The van der Waals surface area contributed by atoms with Crippen molar-refractivity contribution in [3.63, 3.8) is 0 Å². The molecule has 0 amide bonds. The maximum atomic E-state index is 6.02. The van der Waals surface area contributed by atoms with Crippen LogP contribution >= 0.6 is 35.6 Å². The highest BCUT2D eigenvalue weighted by Crippen LogP contribution is 2.10. The van der Waals surface area contributed by atoms with Gasteiger partial charge in [0, 0.05) is 50.5 Å². The number of aliphatic imine (C=N–C) groups is 1. The third kappa shape index (κ3) is 6.83. The van der Waals surface area contributed by atoms with E-state index in [0.29, 0.717) is 6.54 Å². The Hall–Kier alpha value is -2.06. The van der Waals surface area contributed by atoms with Crippen LogP contribution in [0.4, 0.5) is 0 Å². The van der Waals surface area contributed by atoms with Crippen molar-refractivity contribution < 1.29 is 0 Å². The van der Waals surface area contributed by atoms with Gasteiger partial charge in [-0.2, -0.15) is 0 Å². The van der Waals surface area contributed by atoms with E-state index in [9.17, 15) is 0 Å². The Balaban J connectivity index is 0.00000280. The molecule has 0 aliphatic rings. The second-order valence-electron chi connectivity index (χ2n) is 6.19. The summed E-state index contributed by atoms with van der Waals surface area (Å²) in [5.74, 6) is 1.81. The highest BCUT2D eigenvalue weighted by molar-refractivity contribution is 14.0. The van der Waals surface area contributed by atoms with Crippen LogP contribution in [-0.2, 0) is 19.5 Å². The van der Waals surface area contributed by atoms with Gasteiger partial charge in [-0.15, -0.1) is 24.0 Å². The van der Waals surface area contributed by atoms with Crippen LogP contribution in [0.25, 0.3) is 0 Å². The molecule has 0 aliphatic heterocycles. The normalized spacial score (nSPS) is 11.0. The summed E-state index contributed by atoms with van der Waals surface area (Å²) in [4.78, 5) is 8.76. The lowest BCUT2D eigenvalue weighted by Crippen LogP contribution is -2.38. The highest BCUT2D eigenvalue weighted by atomic mass is 127. The first-order valence-corrected chi connectivity index (χ1v) is 9.35. The number of guanidine groups is 1. The van der Waals surface area contributed by atoms with Crippen molar-refractivity contribution in [3.05, 3.63) is 89.0 Å². The van der Waals surface area contributed by atoms with E-state index in [1.165, 1.54) is 5.56 Å². The summed E-state index contributed by atoms with van der Waals surface area (Å²) in [7, 11) is 1.77. The monoisotopic (exact) mass is 509 g/mol. The Bertz CT molecular complexity index is 879. The van der Waals surface area contributed by atoms with Gasteiger partial charge < -0.3 is 15.2 Å². The van der Waals surface area contributed by atoms with Crippen molar-refractivity contribution in [2.24, 2.45) is 4.99 Å². The largest absolute Gasteiger partial charge is 0.356 e. The lowest BCUT2D eigenvalue weighted by molar-refractivity contribution is 0.694. The van der Waals surface area contributed by atoms with Gasteiger partial charge in [0.1, 0.15) is 5.82 Å². The third-order valence-corrected chi connectivity index (χ3v) is 4.45. The van der Waals surface area contributed by atoms with Gasteiger partial charge in [0.15, 0.2) is 5.96 Å². The number of imidazole rings is 1. The maximum absolute atomic E-state index is 6.02. The van der Waals surface area contributed by atoms with Crippen molar-refractivity contribution in [3.8, 4) is 0 Å². The first-order chi connectivity index (χ1) is 13.2. The van der Waals surface area contributed by atoms with E-state index in [0.717, 1.165) is 41.9 Å². The number of hydrogen-bond acceptors (Lipinski definition) is 2. The fourth-order valence-corrected chi connectivity index (χ4v) is 3.05. The van der Waals surface area contributed by atoms with Crippen LogP contribution in [0.1, 0.15) is 17.0 Å². The standard InChI is InChI=1S/C21H24ClN5.HI/c1-23-21(26-15-18-8-5-9-19(22)14-18)25-11-10-20-24-12-13-27(20)16-17-6-3-2-4-7-17;/h2-9,12-14H,10-11,15-16H2,1H3,(H2,23,25,26);1H. The first kappa shape index (κ1) is 22.2. The summed E-state index contributed by atoms with van der Waals surface area (Å²) >= 11 is 6.02. The van der Waals surface area contributed by atoms with Gasteiger partial charge in [-0.25, -0.2) is 4.98 Å². The second kappa shape index (κ2) is 11.7. The van der Waals surface area contributed by atoms with E-state index in [1.807, 2.05) is 42.7 Å². The summed E-state index contributed by atoms with van der Waals surface area (Å²) in [5.41, 5.74) is 2.38. The van der Waals surface area contributed by atoms with Crippen LogP contribution in [0, 0.1) is 0 Å². The van der Waals surface area contributed by atoms with E-state index in [-0.39, 0.29) is 24.0 Å². The van der Waals surface area contributed by atoms with Gasteiger partial charge in [-0.05, 0) is 23.3 Å². The summed E-state index contributed by atoms with van der Waals surface area (Å²) in [6.07, 6.45) is 4.69. The van der Waals surface area contributed by atoms with E-state index < -0.39 is 0 Å². The van der Waals surface area contributed by atoms with Crippen LogP contribution in [0.2, 0.25) is 5.02 Å². The molecular formula is C21H25ClIN5. The second-order valence-corrected chi connectivity index (χ2v) is 6.63. The molecule has 7 heteroatoms. The van der Waals surface area contributed by atoms with Crippen molar-refractivity contribution in [2.45, 2.75) is 19.5 Å². The number of rotatable bonds is 7. The van der Waals surface area contributed by atoms with Crippen LogP contribution in [-0.4, -0.2) is 29.1 Å². The lowest BCUT2D eigenvalue weighted by atomic mass is 10.2. The van der Waals surface area contributed by atoms with Crippen molar-refractivity contribution in [1.82, 2.24) is 20.2 Å². The van der Waals surface area contributed by atoms with Gasteiger partial charge in [0.25, 0.3) is 0 Å². The minimum Gasteiger partial charge on any atom is -0.356 e. The Morgan fingerprint density at radius 1 is 1.07 bits per heavy atom. The molecule has 0 bridgehead atoms. The number of nitrogens with one attached hydrogen (secondary N) is 2. The molecule has 2 N–H and O–H groups in total. The fourth-order valence-electron chi connectivity index (χ4n) is 2.84. The minimum atomic E-state index is 0. The van der Waals surface area contributed by atoms with Gasteiger partial charge in [-0.3, -0.25) is 4.99 Å². The number of benzene rings is 2. The van der Waals surface area contributed by atoms with E-state index >= 15 is 0 Å². The van der Waals surface area contributed by atoms with Crippen LogP contribution in [0.3, 0.4) is 0 Å². The summed E-state index contributed by atoms with van der Waals surface area (Å²) in [6.45, 7) is 2.25. The quantitative estimate of drug-likeness (QED) is 0.286. The zero-order valence-corrected chi connectivity index (χ0v) is 18.9. The molecule has 0 fully saturated rings. The van der Waals surface area contributed by atoms with Gasteiger partial charge in [-0.1, -0.05) is 54.1 Å². The minimum absolute atomic E-state index is 0. The number of nitrogens with zero attached hydrogens (tertiary/aromatic N) is 3. The molecule has 0 aliphatic carbocycles. The fraction of sp³-hybridized carbons (Fsp3) is 0.238. The summed E-state index contributed by atoms with van der Waals surface area (Å²) in [5, 5.41) is 7.38. The molecule has 3 aromatic rings. The summed E-state index contributed by atoms with van der Waals surface area (Å²) in [6, 6.07) is 18.2. The predicted octanol–water partition coefficient (Wildman–Crippen LogP) is 4.11. The molecule has 5 nitrogen and oxygen atoms in total. The molecule has 1 heterocycles. The highest BCUT2D eigenvalue weighted by Gasteiger charge is 2.05. The van der Waals surface area contributed by atoms with Crippen LogP contribution in [0.5, 0.6) is 0 Å². The average Bonchev–Trinajstić information content (AvgIpc) is 3.12. The van der Waals surface area contributed by atoms with Crippen LogP contribution < -0.4 is 10.6 Å². The lowest BCUT2D eigenvalue weighted by Gasteiger charge is -2.13. The molecule has 0 radical (unpaired) electrons. The van der Waals surface area contributed by atoms with Gasteiger partial charge >= 0.3 is 0 Å². The number of aromatic nitrogens is 2. The molecule has 28 heavy (non-hydrogen) atoms. The first-order valence-electron chi connectivity index (χ1n) is 8.97. The Labute approximate surface area is 188 Å². The molecule has 0 saturated heterocycles. The maximum Gasteiger partial charge on any atom is 0.191 e. The topological polar surface area (TPSA) is 54.2 Å². The SMILES string of the molecule is CN=C(NCCc1nccn1Cc1ccccc1)NCc1cccc(Cl)c1.I. The predicted molar refractivity (Wildman–Crippen MR) is 127 cm³/mol. The molecule has 0 atom stereocenters. The molecule has 0 spiro atoms. The van der Waals surface area contributed by atoms with Crippen molar-refractivity contribution in [2.75, 3.05) is 13.6 Å². The molecule has 148 valence electrons. The molecule has 0 saturated carbocycles. The van der Waals surface area contributed by atoms with Gasteiger partial charge in [0.05, 0.1) is 0 Å². The van der Waals surface area contributed by atoms with E-state index in [1.54, 1.807) is 7.05 Å². The van der Waals surface area contributed by atoms with Crippen LogP contribution in [0.15, 0.2) is 72.0 Å². The third-order valence-electron chi connectivity index (χ3n) is 4.21. The Morgan fingerprint density at radius 2 is 1.86 bits per heavy atom. The number of halogens is 2. The van der Waals surface area contributed by atoms with Crippen molar-refractivity contribution >= 4 is 41.5 Å². The molecular weight excluding hydrogens is 485 g/mol. The number of hydrogen-bond donors (Lipinski definition) is 2. The van der Waals surface area contributed by atoms with E-state index in [4.69, 9.17) is 11.6 Å². The smallest absolute Gasteiger partial charge is 0.191 e. The molecule has 2 aromatic carbocycles. The van der Waals surface area contributed by atoms with E-state index in [2.05, 4.69) is 49.4 Å². The van der Waals surface area contributed by atoms with Crippen molar-refractivity contribution in [1.29, 1.82) is 0 Å². The zero-order valence-electron chi connectivity index (χ0n) is 15.8. The van der Waals surface area contributed by atoms with Gasteiger partial charge in [0.2, 0.25) is 0 Å². The Morgan fingerprint density at radius 3 is 2.61 bits per heavy atom. The molecule has 0 unspecified atom stereocenters. The summed E-state index contributed by atoms with van der Waals surface area (Å²) < 4.78 is 2.18. The molecule has 1 aromatic heterocycles. The molecule has 3 rings (SSSR count). The Kier molecular flexibility index (Phi) is 9.30. The average molecular weight is 510 g/mol.